The normalized spacial score (nSPS) is 18.1. The Bertz CT molecular complexity index is 332. The van der Waals surface area contributed by atoms with Crippen LogP contribution >= 0.6 is 15.9 Å². The second kappa shape index (κ2) is 5.30. The van der Waals surface area contributed by atoms with Crippen LogP contribution in [0.4, 0.5) is 0 Å². The van der Waals surface area contributed by atoms with E-state index in [-0.39, 0.29) is 5.54 Å². The maximum absolute atomic E-state index is 5.09. The smallest absolute Gasteiger partial charge is 0.0587 e. The Labute approximate surface area is 106 Å². The molecule has 0 unspecified atom stereocenters. The summed E-state index contributed by atoms with van der Waals surface area (Å²) in [5.41, 5.74) is 1.61. The summed E-state index contributed by atoms with van der Waals surface area (Å²) in [7, 11) is 1.74. The summed E-state index contributed by atoms with van der Waals surface area (Å²) in [6.07, 6.45) is 3.78. The fourth-order valence-electron chi connectivity index (χ4n) is 2.26. The van der Waals surface area contributed by atoms with Gasteiger partial charge in [-0.3, -0.25) is 0 Å². The quantitative estimate of drug-likeness (QED) is 0.839. The molecular weight excluding hydrogens is 266 g/mol. The molecule has 1 fully saturated rings. The molecule has 0 bridgehead atoms. The molecule has 0 spiro atoms. The van der Waals surface area contributed by atoms with E-state index in [1.165, 1.54) is 24.8 Å². The summed E-state index contributed by atoms with van der Waals surface area (Å²) < 4.78 is 6.23. The highest BCUT2D eigenvalue weighted by Gasteiger charge is 2.37. The van der Waals surface area contributed by atoms with Gasteiger partial charge in [0.2, 0.25) is 0 Å². The molecule has 16 heavy (non-hydrogen) atoms. The first-order valence-electron chi connectivity index (χ1n) is 5.77. The Morgan fingerprint density at radius 1 is 1.31 bits per heavy atom. The van der Waals surface area contributed by atoms with Crippen LogP contribution in [0.1, 0.15) is 24.8 Å². The molecular formula is C13H18BrNO. The standard InChI is InChI=1S/C13H18BrNO/c1-16-10-9-15-13(7-2-8-13)11-3-5-12(14)6-4-11/h3-6,15H,2,7-10H2,1H3. The molecule has 88 valence electrons. The Morgan fingerprint density at radius 3 is 2.50 bits per heavy atom. The van der Waals surface area contributed by atoms with Crippen LogP contribution in [0.2, 0.25) is 0 Å². The van der Waals surface area contributed by atoms with Gasteiger partial charge >= 0.3 is 0 Å². The molecule has 0 heterocycles. The van der Waals surface area contributed by atoms with Crippen molar-refractivity contribution in [3.63, 3.8) is 0 Å². The summed E-state index contributed by atoms with van der Waals surface area (Å²) in [5, 5.41) is 3.63. The SMILES string of the molecule is COCCNC1(c2ccc(Br)cc2)CCC1. The largest absolute Gasteiger partial charge is 0.383 e. The first kappa shape index (κ1) is 12.1. The molecule has 3 heteroatoms. The van der Waals surface area contributed by atoms with Crippen molar-refractivity contribution in [1.29, 1.82) is 0 Å². The van der Waals surface area contributed by atoms with Crippen molar-refractivity contribution in [1.82, 2.24) is 5.32 Å². The number of hydrogen-bond acceptors (Lipinski definition) is 2. The Morgan fingerprint density at radius 2 is 2.00 bits per heavy atom. The minimum Gasteiger partial charge on any atom is -0.383 e. The summed E-state index contributed by atoms with van der Waals surface area (Å²) in [5.74, 6) is 0. The average Bonchev–Trinajstić information content (AvgIpc) is 2.24. The Hall–Kier alpha value is -0.380. The average molecular weight is 284 g/mol. The molecule has 1 aliphatic rings. The van der Waals surface area contributed by atoms with Gasteiger partial charge in [0.1, 0.15) is 0 Å². The Balaban J connectivity index is 2.05. The maximum Gasteiger partial charge on any atom is 0.0587 e. The topological polar surface area (TPSA) is 21.3 Å². The third kappa shape index (κ3) is 2.47. The molecule has 1 N–H and O–H groups in total. The van der Waals surface area contributed by atoms with Crippen molar-refractivity contribution in [2.75, 3.05) is 20.3 Å². The van der Waals surface area contributed by atoms with Crippen LogP contribution in [0.5, 0.6) is 0 Å². The zero-order valence-corrected chi connectivity index (χ0v) is 11.2. The van der Waals surface area contributed by atoms with Gasteiger partial charge in [0.05, 0.1) is 6.61 Å². The van der Waals surface area contributed by atoms with Gasteiger partial charge in [0.25, 0.3) is 0 Å². The van der Waals surface area contributed by atoms with E-state index >= 15 is 0 Å². The number of rotatable bonds is 5. The van der Waals surface area contributed by atoms with Crippen molar-refractivity contribution < 1.29 is 4.74 Å². The molecule has 1 aromatic rings. The van der Waals surface area contributed by atoms with Gasteiger partial charge in [-0.15, -0.1) is 0 Å². The second-order valence-corrected chi connectivity index (χ2v) is 5.28. The summed E-state index contributed by atoms with van der Waals surface area (Å²) in [6.45, 7) is 1.70. The van der Waals surface area contributed by atoms with Gasteiger partial charge in [-0.1, -0.05) is 28.1 Å². The molecule has 0 aliphatic heterocycles. The highest BCUT2D eigenvalue weighted by molar-refractivity contribution is 9.10. The first-order valence-corrected chi connectivity index (χ1v) is 6.56. The van der Waals surface area contributed by atoms with Crippen molar-refractivity contribution in [2.45, 2.75) is 24.8 Å². The maximum atomic E-state index is 5.09. The predicted molar refractivity (Wildman–Crippen MR) is 69.5 cm³/mol. The number of nitrogens with one attached hydrogen (secondary N) is 1. The van der Waals surface area contributed by atoms with Crippen molar-refractivity contribution in [3.05, 3.63) is 34.3 Å². The molecule has 1 saturated carbocycles. The molecule has 1 aromatic carbocycles. The molecule has 2 nitrogen and oxygen atoms in total. The van der Waals surface area contributed by atoms with Crippen LogP contribution < -0.4 is 5.32 Å². The number of ether oxygens (including phenoxy) is 1. The lowest BCUT2D eigenvalue weighted by Gasteiger charge is -2.43. The fraction of sp³-hybridized carbons (Fsp3) is 0.538. The van der Waals surface area contributed by atoms with Gasteiger partial charge in [-0.05, 0) is 37.0 Å². The third-order valence-corrected chi connectivity index (χ3v) is 3.90. The molecule has 0 radical (unpaired) electrons. The lowest BCUT2D eigenvalue weighted by Crippen LogP contribution is -2.49. The fourth-order valence-corrected chi connectivity index (χ4v) is 2.52. The highest BCUT2D eigenvalue weighted by atomic mass is 79.9. The zero-order valence-electron chi connectivity index (χ0n) is 9.63. The molecule has 2 rings (SSSR count). The van der Waals surface area contributed by atoms with Crippen molar-refractivity contribution in [3.8, 4) is 0 Å². The van der Waals surface area contributed by atoms with E-state index in [0.717, 1.165) is 17.6 Å². The summed E-state index contributed by atoms with van der Waals surface area (Å²) in [4.78, 5) is 0. The van der Waals surface area contributed by atoms with Gasteiger partial charge in [-0.25, -0.2) is 0 Å². The molecule has 0 atom stereocenters. The van der Waals surface area contributed by atoms with Crippen LogP contribution in [0, 0.1) is 0 Å². The third-order valence-electron chi connectivity index (χ3n) is 3.37. The van der Waals surface area contributed by atoms with Crippen LogP contribution in [0.15, 0.2) is 28.7 Å². The molecule has 1 aliphatic carbocycles. The van der Waals surface area contributed by atoms with Crippen molar-refractivity contribution >= 4 is 15.9 Å². The van der Waals surface area contributed by atoms with Crippen LogP contribution in [0.25, 0.3) is 0 Å². The van der Waals surface area contributed by atoms with E-state index in [4.69, 9.17) is 4.74 Å². The number of methoxy groups -OCH3 is 1. The number of hydrogen-bond donors (Lipinski definition) is 1. The van der Waals surface area contributed by atoms with E-state index < -0.39 is 0 Å². The predicted octanol–water partition coefficient (Wildman–Crippen LogP) is 3.06. The van der Waals surface area contributed by atoms with Crippen LogP contribution in [0.3, 0.4) is 0 Å². The van der Waals surface area contributed by atoms with Gasteiger partial charge in [-0.2, -0.15) is 0 Å². The number of benzene rings is 1. The first-order chi connectivity index (χ1) is 7.77. The highest BCUT2D eigenvalue weighted by Crippen LogP contribution is 2.41. The van der Waals surface area contributed by atoms with E-state index in [1.54, 1.807) is 7.11 Å². The van der Waals surface area contributed by atoms with E-state index in [9.17, 15) is 0 Å². The van der Waals surface area contributed by atoms with Crippen molar-refractivity contribution in [2.24, 2.45) is 0 Å². The lowest BCUT2D eigenvalue weighted by molar-refractivity contribution is 0.145. The van der Waals surface area contributed by atoms with Gasteiger partial charge in [0.15, 0.2) is 0 Å². The van der Waals surface area contributed by atoms with Crippen LogP contribution in [-0.2, 0) is 10.3 Å². The van der Waals surface area contributed by atoms with E-state index in [1.807, 2.05) is 0 Å². The minimum atomic E-state index is 0.208. The van der Waals surface area contributed by atoms with Gasteiger partial charge < -0.3 is 10.1 Å². The summed E-state index contributed by atoms with van der Waals surface area (Å²) >= 11 is 3.48. The number of halogens is 1. The van der Waals surface area contributed by atoms with Gasteiger partial charge in [0, 0.05) is 23.7 Å². The minimum absolute atomic E-state index is 0.208. The van der Waals surface area contributed by atoms with E-state index in [2.05, 4.69) is 45.5 Å². The second-order valence-electron chi connectivity index (χ2n) is 4.36. The van der Waals surface area contributed by atoms with Crippen LogP contribution in [-0.4, -0.2) is 20.3 Å². The lowest BCUT2D eigenvalue weighted by atomic mass is 9.72. The summed E-state index contributed by atoms with van der Waals surface area (Å²) in [6, 6.07) is 8.66. The molecule has 0 amide bonds. The Kier molecular flexibility index (Phi) is 4.00. The molecule has 0 aromatic heterocycles. The zero-order chi connectivity index (χ0) is 11.4. The monoisotopic (exact) mass is 283 g/mol. The molecule has 0 saturated heterocycles. The van der Waals surface area contributed by atoms with E-state index in [0.29, 0.717) is 0 Å².